The molecule has 0 unspecified atom stereocenters. The van der Waals surface area contributed by atoms with Crippen molar-refractivity contribution >= 4 is 5.78 Å². The lowest BCUT2D eigenvalue weighted by molar-refractivity contribution is -0.137. The summed E-state index contributed by atoms with van der Waals surface area (Å²) < 4.78 is 7.53. The molecule has 0 aliphatic heterocycles. The second-order valence-corrected chi connectivity index (χ2v) is 8.08. The molecule has 128 valence electrons. The maximum absolute atomic E-state index is 12.5. The molecule has 0 saturated heterocycles. The van der Waals surface area contributed by atoms with E-state index in [0.29, 0.717) is 29.9 Å². The number of hydrogen-bond acceptors (Lipinski definition) is 5. The van der Waals surface area contributed by atoms with Crippen LogP contribution < -0.4 is 0 Å². The molecule has 2 aromatic heterocycles. The van der Waals surface area contributed by atoms with Crippen LogP contribution in [0.1, 0.15) is 57.2 Å². The average Bonchev–Trinajstić information content (AvgIpc) is 3.07. The van der Waals surface area contributed by atoms with Crippen molar-refractivity contribution in [3.8, 4) is 11.6 Å². The van der Waals surface area contributed by atoms with Crippen molar-refractivity contribution in [2.75, 3.05) is 0 Å². The second kappa shape index (κ2) is 4.77. The van der Waals surface area contributed by atoms with Gasteiger partial charge in [0.05, 0.1) is 5.69 Å². The molecule has 4 rings (SSSR count). The van der Waals surface area contributed by atoms with Gasteiger partial charge in [-0.25, -0.2) is 0 Å². The number of fused-ring (bicyclic) bond motifs is 3. The number of carbonyl (C=O) groups excluding carboxylic acids is 1. The Kier molecular flexibility index (Phi) is 3.09. The molecule has 1 saturated carbocycles. The summed E-state index contributed by atoms with van der Waals surface area (Å²) in [4.78, 5) is 12.5. The van der Waals surface area contributed by atoms with E-state index in [0.717, 1.165) is 30.7 Å². The van der Waals surface area contributed by atoms with E-state index >= 15 is 0 Å². The van der Waals surface area contributed by atoms with Crippen molar-refractivity contribution in [1.29, 1.82) is 0 Å². The minimum atomic E-state index is -0.288. The molecule has 24 heavy (non-hydrogen) atoms. The summed E-state index contributed by atoms with van der Waals surface area (Å²) in [6.07, 6.45) is 3.39. The largest absolute Gasteiger partial charge is 0.420 e. The van der Waals surface area contributed by atoms with Gasteiger partial charge >= 0.3 is 0 Å². The number of ketones is 1. The number of aromatic nitrogens is 4. The zero-order chi connectivity index (χ0) is 17.3. The lowest BCUT2D eigenvalue weighted by atomic mass is 9.51. The molecule has 6 nitrogen and oxygen atoms in total. The molecule has 0 bridgehead atoms. The van der Waals surface area contributed by atoms with Crippen molar-refractivity contribution in [2.24, 2.45) is 18.4 Å². The summed E-state index contributed by atoms with van der Waals surface area (Å²) in [5.41, 5.74) is 2.90. The number of carbonyl (C=O) groups is 1. The fraction of sp³-hybridized carbons (Fsp3) is 0.667. The minimum Gasteiger partial charge on any atom is -0.420 e. The molecular formula is C18H24N4O2. The highest BCUT2D eigenvalue weighted by molar-refractivity contribution is 5.86. The van der Waals surface area contributed by atoms with Gasteiger partial charge in [0.1, 0.15) is 11.5 Å². The third-order valence-corrected chi connectivity index (χ3v) is 6.33. The highest BCUT2D eigenvalue weighted by Crippen LogP contribution is 2.56. The van der Waals surface area contributed by atoms with Crippen LogP contribution in [0, 0.1) is 18.3 Å². The van der Waals surface area contributed by atoms with Gasteiger partial charge in [-0.15, -0.1) is 10.2 Å². The van der Waals surface area contributed by atoms with Crippen LogP contribution in [-0.4, -0.2) is 25.8 Å². The molecule has 0 spiro atoms. The highest BCUT2D eigenvalue weighted by atomic mass is 16.4. The van der Waals surface area contributed by atoms with Gasteiger partial charge in [0, 0.05) is 36.8 Å². The van der Waals surface area contributed by atoms with E-state index in [-0.39, 0.29) is 10.8 Å². The maximum atomic E-state index is 12.5. The van der Waals surface area contributed by atoms with Gasteiger partial charge in [0.2, 0.25) is 5.89 Å². The molecule has 0 radical (unpaired) electrons. The molecule has 2 aliphatic rings. The summed E-state index contributed by atoms with van der Waals surface area (Å²) in [7, 11) is 1.94. The number of Topliss-reactive ketones (excluding diaryl/α,β-unsaturated/α-hetero) is 1. The van der Waals surface area contributed by atoms with Crippen molar-refractivity contribution in [3.63, 3.8) is 0 Å². The van der Waals surface area contributed by atoms with Crippen LogP contribution >= 0.6 is 0 Å². The SMILES string of the molecule is Cc1nnc(-c2c3c(nn2C)[C@@]2(C)CCC(=O)C(C)(C)[C@@H]2CC3)o1. The van der Waals surface area contributed by atoms with E-state index < -0.39 is 0 Å². The zero-order valence-corrected chi connectivity index (χ0v) is 15.0. The van der Waals surface area contributed by atoms with Crippen molar-refractivity contribution < 1.29 is 9.21 Å². The molecular weight excluding hydrogens is 304 g/mol. The highest BCUT2D eigenvalue weighted by Gasteiger charge is 2.55. The van der Waals surface area contributed by atoms with Gasteiger partial charge in [0.15, 0.2) is 0 Å². The van der Waals surface area contributed by atoms with Crippen LogP contribution in [0.2, 0.25) is 0 Å². The number of rotatable bonds is 1. The van der Waals surface area contributed by atoms with Gasteiger partial charge in [-0.2, -0.15) is 5.10 Å². The van der Waals surface area contributed by atoms with E-state index in [1.54, 1.807) is 6.92 Å². The molecule has 2 aliphatic carbocycles. The standard InChI is InChI=1S/C18H24N4O2/c1-10-19-20-16(24-10)14-11-6-7-12-17(2,3)13(23)8-9-18(12,4)15(11)21-22(14)5/h12H,6-9H2,1-5H3/t12-,18-/m0/s1. The van der Waals surface area contributed by atoms with Crippen molar-refractivity contribution in [1.82, 2.24) is 20.0 Å². The lowest BCUT2D eigenvalue weighted by Gasteiger charge is -2.51. The van der Waals surface area contributed by atoms with Crippen LogP contribution in [0.3, 0.4) is 0 Å². The molecule has 0 N–H and O–H groups in total. The fourth-order valence-corrected chi connectivity index (χ4v) is 5.04. The molecule has 0 aromatic carbocycles. The van der Waals surface area contributed by atoms with Crippen molar-refractivity contribution in [3.05, 3.63) is 17.1 Å². The van der Waals surface area contributed by atoms with Crippen molar-refractivity contribution in [2.45, 2.75) is 58.8 Å². The summed E-state index contributed by atoms with van der Waals surface area (Å²) >= 11 is 0. The van der Waals surface area contributed by atoms with Crippen LogP contribution in [0.15, 0.2) is 4.42 Å². The van der Waals surface area contributed by atoms with E-state index in [9.17, 15) is 4.79 Å². The van der Waals surface area contributed by atoms with Gasteiger partial charge in [-0.3, -0.25) is 9.48 Å². The first-order chi connectivity index (χ1) is 11.2. The summed E-state index contributed by atoms with van der Waals surface area (Å²) in [6, 6.07) is 0. The number of aryl methyl sites for hydroxylation is 2. The smallest absolute Gasteiger partial charge is 0.266 e. The zero-order valence-electron chi connectivity index (χ0n) is 15.0. The molecule has 1 fully saturated rings. The normalized spacial score (nSPS) is 28.5. The van der Waals surface area contributed by atoms with E-state index in [4.69, 9.17) is 9.52 Å². The summed E-state index contributed by atoms with van der Waals surface area (Å²) in [5.74, 6) is 1.81. The van der Waals surface area contributed by atoms with Gasteiger partial charge < -0.3 is 4.42 Å². The Labute approximate surface area is 141 Å². The number of hydrogen-bond donors (Lipinski definition) is 0. The summed E-state index contributed by atoms with van der Waals surface area (Å²) in [5, 5.41) is 13.0. The Hall–Kier alpha value is -1.98. The molecule has 6 heteroatoms. The fourth-order valence-electron chi connectivity index (χ4n) is 5.04. The Morgan fingerprint density at radius 1 is 1.21 bits per heavy atom. The Morgan fingerprint density at radius 2 is 1.96 bits per heavy atom. The van der Waals surface area contributed by atoms with E-state index in [1.165, 1.54) is 5.56 Å². The van der Waals surface area contributed by atoms with Crippen LogP contribution in [0.5, 0.6) is 0 Å². The number of nitrogens with zero attached hydrogens (tertiary/aromatic N) is 4. The third-order valence-electron chi connectivity index (χ3n) is 6.33. The topological polar surface area (TPSA) is 73.8 Å². The van der Waals surface area contributed by atoms with E-state index in [1.807, 2.05) is 11.7 Å². The van der Waals surface area contributed by atoms with Crippen LogP contribution in [0.4, 0.5) is 0 Å². The van der Waals surface area contributed by atoms with Gasteiger partial charge in [-0.05, 0) is 25.2 Å². The van der Waals surface area contributed by atoms with Gasteiger partial charge in [-0.1, -0.05) is 20.8 Å². The monoisotopic (exact) mass is 328 g/mol. The lowest BCUT2D eigenvalue weighted by Crippen LogP contribution is -2.52. The quantitative estimate of drug-likeness (QED) is 0.804. The molecule has 2 atom stereocenters. The van der Waals surface area contributed by atoms with E-state index in [2.05, 4.69) is 31.0 Å². The second-order valence-electron chi connectivity index (χ2n) is 8.08. The molecule has 0 amide bonds. The first-order valence-electron chi connectivity index (χ1n) is 8.65. The van der Waals surface area contributed by atoms with Crippen LogP contribution in [-0.2, 0) is 23.7 Å². The maximum Gasteiger partial charge on any atom is 0.266 e. The van der Waals surface area contributed by atoms with Crippen LogP contribution in [0.25, 0.3) is 11.6 Å². The Morgan fingerprint density at radius 3 is 2.62 bits per heavy atom. The first kappa shape index (κ1) is 15.5. The predicted molar refractivity (Wildman–Crippen MR) is 88.4 cm³/mol. The third kappa shape index (κ3) is 1.88. The average molecular weight is 328 g/mol. The predicted octanol–water partition coefficient (Wildman–Crippen LogP) is 2.99. The Bertz CT molecular complexity index is 832. The van der Waals surface area contributed by atoms with Gasteiger partial charge in [0.25, 0.3) is 5.89 Å². The first-order valence-corrected chi connectivity index (χ1v) is 8.65. The Balaban J connectivity index is 1.87. The molecule has 2 aromatic rings. The summed E-state index contributed by atoms with van der Waals surface area (Å²) in [6.45, 7) is 8.28. The minimum absolute atomic E-state index is 0.0733. The molecule has 2 heterocycles.